The third-order valence-corrected chi connectivity index (χ3v) is 3.68. The van der Waals surface area contributed by atoms with Crippen LogP contribution in [0.2, 0.25) is 0 Å². The van der Waals surface area contributed by atoms with E-state index in [1.54, 1.807) is 6.92 Å². The van der Waals surface area contributed by atoms with Crippen molar-refractivity contribution in [2.24, 2.45) is 0 Å². The van der Waals surface area contributed by atoms with E-state index in [-0.39, 0.29) is 0 Å². The van der Waals surface area contributed by atoms with Gasteiger partial charge in [-0.3, -0.25) is 0 Å². The lowest BCUT2D eigenvalue weighted by Crippen LogP contribution is -2.05. The maximum absolute atomic E-state index is 11.6. The SMILES string of the molecule is CCOC(=O)c1snc(-c2ccc(Br)cc2)c1N. The summed E-state index contributed by atoms with van der Waals surface area (Å²) in [4.78, 5) is 12.0. The Kier molecular flexibility index (Phi) is 3.98. The minimum atomic E-state index is -0.420. The summed E-state index contributed by atoms with van der Waals surface area (Å²) in [7, 11) is 0. The average Bonchev–Trinajstić information content (AvgIpc) is 2.73. The fraction of sp³-hybridized carbons (Fsp3) is 0.167. The number of esters is 1. The van der Waals surface area contributed by atoms with Gasteiger partial charge in [-0.2, -0.15) is 4.37 Å². The zero-order valence-electron chi connectivity index (χ0n) is 9.64. The second-order valence-electron chi connectivity index (χ2n) is 3.50. The summed E-state index contributed by atoms with van der Waals surface area (Å²) in [6.07, 6.45) is 0. The molecule has 0 saturated heterocycles. The van der Waals surface area contributed by atoms with Gasteiger partial charge in [0.15, 0.2) is 4.88 Å². The highest BCUT2D eigenvalue weighted by molar-refractivity contribution is 9.10. The predicted molar refractivity (Wildman–Crippen MR) is 75.6 cm³/mol. The number of carbonyl (C=O) groups excluding carboxylic acids is 1. The molecular formula is C12H11BrN2O2S. The van der Waals surface area contributed by atoms with Crippen molar-refractivity contribution in [3.63, 3.8) is 0 Å². The number of anilines is 1. The molecule has 0 spiro atoms. The van der Waals surface area contributed by atoms with Gasteiger partial charge in [0.05, 0.1) is 12.3 Å². The maximum atomic E-state index is 11.6. The Labute approximate surface area is 117 Å². The van der Waals surface area contributed by atoms with Crippen LogP contribution in [0.4, 0.5) is 5.69 Å². The third kappa shape index (κ3) is 2.54. The molecule has 18 heavy (non-hydrogen) atoms. The first-order valence-corrected chi connectivity index (χ1v) is 6.88. The van der Waals surface area contributed by atoms with Gasteiger partial charge in [-0.1, -0.05) is 28.1 Å². The number of carbonyl (C=O) groups is 1. The largest absolute Gasteiger partial charge is 0.462 e. The molecule has 4 nitrogen and oxygen atoms in total. The molecule has 0 aliphatic heterocycles. The molecule has 1 aromatic heterocycles. The van der Waals surface area contributed by atoms with E-state index in [1.165, 1.54) is 0 Å². The molecule has 94 valence electrons. The van der Waals surface area contributed by atoms with E-state index < -0.39 is 5.97 Å². The van der Waals surface area contributed by atoms with Crippen LogP contribution in [-0.4, -0.2) is 16.9 Å². The van der Waals surface area contributed by atoms with E-state index in [0.29, 0.717) is 22.9 Å². The Hall–Kier alpha value is -1.40. The van der Waals surface area contributed by atoms with Gasteiger partial charge in [-0.25, -0.2) is 4.79 Å². The number of nitrogen functional groups attached to an aromatic ring is 1. The fourth-order valence-corrected chi connectivity index (χ4v) is 2.44. The molecule has 1 heterocycles. The molecule has 0 radical (unpaired) electrons. The molecule has 0 aliphatic carbocycles. The molecule has 0 unspecified atom stereocenters. The smallest absolute Gasteiger partial charge is 0.352 e. The molecule has 0 fully saturated rings. The molecule has 2 aromatic rings. The summed E-state index contributed by atoms with van der Waals surface area (Å²) in [5.74, 6) is -0.420. The Morgan fingerprint density at radius 3 is 2.72 bits per heavy atom. The zero-order valence-corrected chi connectivity index (χ0v) is 12.0. The zero-order chi connectivity index (χ0) is 13.1. The van der Waals surface area contributed by atoms with Crippen LogP contribution in [0.1, 0.15) is 16.6 Å². The van der Waals surface area contributed by atoms with E-state index in [9.17, 15) is 4.79 Å². The minimum Gasteiger partial charge on any atom is -0.462 e. The van der Waals surface area contributed by atoms with Crippen molar-refractivity contribution in [1.29, 1.82) is 0 Å². The quantitative estimate of drug-likeness (QED) is 0.878. The first-order chi connectivity index (χ1) is 8.63. The molecule has 6 heteroatoms. The second kappa shape index (κ2) is 5.49. The normalized spacial score (nSPS) is 10.3. The van der Waals surface area contributed by atoms with Crippen molar-refractivity contribution in [1.82, 2.24) is 4.37 Å². The van der Waals surface area contributed by atoms with Crippen LogP contribution in [0, 0.1) is 0 Å². The average molecular weight is 327 g/mol. The van der Waals surface area contributed by atoms with E-state index >= 15 is 0 Å². The van der Waals surface area contributed by atoms with E-state index in [2.05, 4.69) is 20.3 Å². The van der Waals surface area contributed by atoms with E-state index in [0.717, 1.165) is 21.6 Å². The summed E-state index contributed by atoms with van der Waals surface area (Å²) in [6.45, 7) is 2.08. The minimum absolute atomic E-state index is 0.323. The molecule has 0 saturated carbocycles. The van der Waals surface area contributed by atoms with Crippen molar-refractivity contribution >= 4 is 39.1 Å². The molecule has 0 atom stereocenters. The Bertz CT molecular complexity index is 566. The number of aromatic nitrogens is 1. The summed E-state index contributed by atoms with van der Waals surface area (Å²) in [5.41, 5.74) is 7.81. The summed E-state index contributed by atoms with van der Waals surface area (Å²) >= 11 is 4.42. The number of rotatable bonds is 3. The number of ether oxygens (including phenoxy) is 1. The van der Waals surface area contributed by atoms with Crippen molar-refractivity contribution in [3.8, 4) is 11.3 Å². The van der Waals surface area contributed by atoms with E-state index in [1.807, 2.05) is 24.3 Å². The second-order valence-corrected chi connectivity index (χ2v) is 5.19. The Morgan fingerprint density at radius 2 is 2.11 bits per heavy atom. The van der Waals surface area contributed by atoms with Gasteiger partial charge in [-0.15, -0.1) is 0 Å². The summed E-state index contributed by atoms with van der Waals surface area (Å²) < 4.78 is 10.1. The van der Waals surface area contributed by atoms with Crippen molar-refractivity contribution in [2.75, 3.05) is 12.3 Å². The standard InChI is InChI=1S/C12H11BrN2O2S/c1-2-17-12(16)11-9(14)10(15-18-11)7-3-5-8(13)6-4-7/h3-6H,2,14H2,1H3. The predicted octanol–water partition coefficient (Wildman–Crippen LogP) is 3.33. The van der Waals surface area contributed by atoms with Crippen LogP contribution in [-0.2, 0) is 4.74 Å². The fourth-order valence-electron chi connectivity index (χ4n) is 1.46. The monoisotopic (exact) mass is 326 g/mol. The molecule has 0 amide bonds. The number of nitrogens with zero attached hydrogens (tertiary/aromatic N) is 1. The van der Waals surface area contributed by atoms with Gasteiger partial charge in [-0.05, 0) is 30.6 Å². The lowest BCUT2D eigenvalue weighted by Gasteiger charge is -2.01. The van der Waals surface area contributed by atoms with Crippen LogP contribution in [0.5, 0.6) is 0 Å². The molecular weight excluding hydrogens is 316 g/mol. The van der Waals surface area contributed by atoms with Gasteiger partial charge in [0.25, 0.3) is 0 Å². The third-order valence-electron chi connectivity index (χ3n) is 2.31. The number of hydrogen-bond donors (Lipinski definition) is 1. The van der Waals surface area contributed by atoms with Gasteiger partial charge in [0.1, 0.15) is 5.69 Å². The van der Waals surface area contributed by atoms with Crippen molar-refractivity contribution in [2.45, 2.75) is 6.92 Å². The molecule has 1 aromatic carbocycles. The molecule has 0 bridgehead atoms. The van der Waals surface area contributed by atoms with Crippen LogP contribution in [0.15, 0.2) is 28.7 Å². The lowest BCUT2D eigenvalue weighted by molar-refractivity contribution is 0.0533. The topological polar surface area (TPSA) is 65.2 Å². The van der Waals surface area contributed by atoms with Crippen molar-refractivity contribution in [3.05, 3.63) is 33.6 Å². The van der Waals surface area contributed by atoms with Gasteiger partial charge >= 0.3 is 5.97 Å². The number of hydrogen-bond acceptors (Lipinski definition) is 5. The first kappa shape index (κ1) is 13.0. The van der Waals surface area contributed by atoms with Crippen LogP contribution >= 0.6 is 27.5 Å². The molecule has 0 aliphatic rings. The van der Waals surface area contributed by atoms with E-state index in [4.69, 9.17) is 10.5 Å². The van der Waals surface area contributed by atoms with Crippen LogP contribution in [0.25, 0.3) is 11.3 Å². The van der Waals surface area contributed by atoms with Crippen molar-refractivity contribution < 1.29 is 9.53 Å². The maximum Gasteiger partial charge on any atom is 0.352 e. The lowest BCUT2D eigenvalue weighted by atomic mass is 10.1. The Morgan fingerprint density at radius 1 is 1.44 bits per heavy atom. The van der Waals surface area contributed by atoms with Crippen LogP contribution < -0.4 is 5.73 Å². The summed E-state index contributed by atoms with van der Waals surface area (Å²) in [6, 6.07) is 7.59. The number of halogens is 1. The summed E-state index contributed by atoms with van der Waals surface area (Å²) in [5, 5.41) is 0. The highest BCUT2D eigenvalue weighted by atomic mass is 79.9. The highest BCUT2D eigenvalue weighted by Crippen LogP contribution is 2.31. The van der Waals surface area contributed by atoms with Gasteiger partial charge in [0.2, 0.25) is 0 Å². The Balaban J connectivity index is 2.36. The first-order valence-electron chi connectivity index (χ1n) is 5.31. The van der Waals surface area contributed by atoms with Crippen LogP contribution in [0.3, 0.4) is 0 Å². The van der Waals surface area contributed by atoms with Gasteiger partial charge < -0.3 is 10.5 Å². The van der Waals surface area contributed by atoms with Gasteiger partial charge in [0, 0.05) is 10.0 Å². The number of nitrogens with two attached hydrogens (primary N) is 1. The number of benzene rings is 1. The molecule has 2 rings (SSSR count). The molecule has 2 N–H and O–H groups in total. The highest BCUT2D eigenvalue weighted by Gasteiger charge is 2.19.